The summed E-state index contributed by atoms with van der Waals surface area (Å²) in [6.45, 7) is 1.76. The van der Waals surface area contributed by atoms with Gasteiger partial charge in [-0.1, -0.05) is 0 Å². The fourth-order valence-electron chi connectivity index (χ4n) is 3.76. The SMILES string of the molecule is O=c1ccc2ccc(OCCCCOc3ccc4ccc(=O)n(CCCCCl)c4c3)cc2[nH]1. The summed E-state index contributed by atoms with van der Waals surface area (Å²) >= 11 is 5.78. The summed E-state index contributed by atoms with van der Waals surface area (Å²) in [5.41, 5.74) is 1.51. The largest absolute Gasteiger partial charge is 0.494 e. The van der Waals surface area contributed by atoms with Crippen molar-refractivity contribution < 1.29 is 9.47 Å². The minimum atomic E-state index is -0.127. The van der Waals surface area contributed by atoms with Gasteiger partial charge in [0.25, 0.3) is 5.56 Å². The van der Waals surface area contributed by atoms with Crippen LogP contribution < -0.4 is 20.6 Å². The number of aryl methyl sites for hydroxylation is 1. The van der Waals surface area contributed by atoms with Crippen LogP contribution in [0.5, 0.6) is 11.5 Å². The van der Waals surface area contributed by atoms with Crippen LogP contribution in [0.15, 0.2) is 70.3 Å². The number of H-pyrrole nitrogens is 1. The van der Waals surface area contributed by atoms with Crippen LogP contribution in [0.3, 0.4) is 0 Å². The van der Waals surface area contributed by atoms with E-state index in [0.29, 0.717) is 25.6 Å². The molecule has 33 heavy (non-hydrogen) atoms. The molecule has 7 heteroatoms. The van der Waals surface area contributed by atoms with Gasteiger partial charge >= 0.3 is 0 Å². The molecule has 0 aliphatic carbocycles. The number of ether oxygens (including phenoxy) is 2. The number of rotatable bonds is 11. The first-order chi connectivity index (χ1) is 16.1. The highest BCUT2D eigenvalue weighted by atomic mass is 35.5. The Balaban J connectivity index is 1.28. The Hall–Kier alpha value is -3.25. The van der Waals surface area contributed by atoms with Gasteiger partial charge in [-0.05, 0) is 72.9 Å². The first-order valence-electron chi connectivity index (χ1n) is 11.2. The van der Waals surface area contributed by atoms with E-state index in [0.717, 1.165) is 59.0 Å². The van der Waals surface area contributed by atoms with Crippen molar-refractivity contribution in [3.63, 3.8) is 0 Å². The average Bonchev–Trinajstić information content (AvgIpc) is 2.82. The van der Waals surface area contributed by atoms with Crippen molar-refractivity contribution in [2.75, 3.05) is 19.1 Å². The van der Waals surface area contributed by atoms with Crippen LogP contribution in [0.2, 0.25) is 0 Å². The first-order valence-corrected chi connectivity index (χ1v) is 11.8. The lowest BCUT2D eigenvalue weighted by atomic mass is 10.2. The zero-order valence-corrected chi connectivity index (χ0v) is 19.1. The number of hydrogen-bond donors (Lipinski definition) is 1. The summed E-state index contributed by atoms with van der Waals surface area (Å²) in [4.78, 5) is 26.6. The molecular formula is C26H27ClN2O4. The van der Waals surface area contributed by atoms with Gasteiger partial charge in [0.2, 0.25) is 5.56 Å². The number of benzene rings is 2. The zero-order valence-electron chi connectivity index (χ0n) is 18.4. The topological polar surface area (TPSA) is 73.3 Å². The summed E-state index contributed by atoms with van der Waals surface area (Å²) in [5.74, 6) is 2.07. The molecule has 172 valence electrons. The Kier molecular flexibility index (Phi) is 7.68. The number of nitrogens with one attached hydrogen (secondary N) is 1. The fourth-order valence-corrected chi connectivity index (χ4v) is 3.94. The maximum atomic E-state index is 12.3. The van der Waals surface area contributed by atoms with Gasteiger partial charge in [-0.3, -0.25) is 9.59 Å². The molecule has 0 saturated heterocycles. The maximum Gasteiger partial charge on any atom is 0.251 e. The lowest BCUT2D eigenvalue weighted by Crippen LogP contribution is -2.19. The van der Waals surface area contributed by atoms with Crippen LogP contribution in [0.4, 0.5) is 0 Å². The predicted molar refractivity (Wildman–Crippen MR) is 133 cm³/mol. The Bertz CT molecular complexity index is 1350. The zero-order chi connectivity index (χ0) is 23.0. The van der Waals surface area contributed by atoms with E-state index in [1.807, 2.05) is 42.5 Å². The van der Waals surface area contributed by atoms with Gasteiger partial charge in [0, 0.05) is 36.7 Å². The van der Waals surface area contributed by atoms with Gasteiger partial charge < -0.3 is 19.0 Å². The summed E-state index contributed by atoms with van der Waals surface area (Å²) in [6, 6.07) is 18.3. The minimum Gasteiger partial charge on any atom is -0.494 e. The second-order valence-electron chi connectivity index (χ2n) is 7.92. The molecule has 0 spiro atoms. The molecule has 4 rings (SSSR count). The van der Waals surface area contributed by atoms with Gasteiger partial charge in [0.1, 0.15) is 11.5 Å². The van der Waals surface area contributed by atoms with E-state index in [4.69, 9.17) is 21.1 Å². The third-order valence-electron chi connectivity index (χ3n) is 5.50. The molecule has 0 amide bonds. The molecule has 0 radical (unpaired) electrons. The quantitative estimate of drug-likeness (QED) is 0.246. The molecule has 2 aromatic carbocycles. The molecule has 0 saturated carbocycles. The van der Waals surface area contributed by atoms with Crippen molar-refractivity contribution in [1.82, 2.24) is 9.55 Å². The molecular weight excluding hydrogens is 440 g/mol. The monoisotopic (exact) mass is 466 g/mol. The summed E-state index contributed by atoms with van der Waals surface area (Å²) in [7, 11) is 0. The Morgan fingerprint density at radius 1 is 0.758 bits per heavy atom. The summed E-state index contributed by atoms with van der Waals surface area (Å²) in [5, 5.41) is 1.98. The highest BCUT2D eigenvalue weighted by Gasteiger charge is 2.05. The third kappa shape index (κ3) is 5.96. The Morgan fingerprint density at radius 3 is 2.18 bits per heavy atom. The minimum absolute atomic E-state index is 0.0101. The van der Waals surface area contributed by atoms with Gasteiger partial charge in [0.15, 0.2) is 0 Å². The van der Waals surface area contributed by atoms with Crippen molar-refractivity contribution in [2.24, 2.45) is 0 Å². The van der Waals surface area contributed by atoms with Gasteiger partial charge in [-0.25, -0.2) is 0 Å². The number of unbranched alkanes of at least 4 members (excludes halogenated alkanes) is 2. The second-order valence-corrected chi connectivity index (χ2v) is 8.29. The molecule has 2 heterocycles. The van der Waals surface area contributed by atoms with Gasteiger partial charge in [-0.15, -0.1) is 11.6 Å². The molecule has 6 nitrogen and oxygen atoms in total. The number of aromatic nitrogens is 2. The third-order valence-corrected chi connectivity index (χ3v) is 5.77. The number of alkyl halides is 1. The predicted octanol–water partition coefficient (Wildman–Crippen LogP) is 5.10. The Morgan fingerprint density at radius 2 is 1.42 bits per heavy atom. The lowest BCUT2D eigenvalue weighted by Gasteiger charge is -2.12. The molecule has 2 aromatic heterocycles. The number of pyridine rings is 2. The standard InChI is InChI=1S/C26H27ClN2O4/c27-13-1-2-14-29-24-18-22(10-6-20(24)8-12-26(29)31)33-16-4-3-15-32-21-9-5-19-7-11-25(30)28-23(19)17-21/h5-12,17-18H,1-4,13-16H2,(H,28,30). The van der Waals surface area contributed by atoms with E-state index < -0.39 is 0 Å². The smallest absolute Gasteiger partial charge is 0.251 e. The van der Waals surface area contributed by atoms with Crippen molar-refractivity contribution in [3.8, 4) is 11.5 Å². The molecule has 1 N–H and O–H groups in total. The first kappa shape index (κ1) is 22.9. The maximum absolute atomic E-state index is 12.3. The van der Waals surface area contributed by atoms with E-state index >= 15 is 0 Å². The normalized spacial score (nSPS) is 11.2. The van der Waals surface area contributed by atoms with Crippen LogP contribution in [-0.4, -0.2) is 28.6 Å². The fraction of sp³-hybridized carbons (Fsp3) is 0.308. The summed E-state index contributed by atoms with van der Waals surface area (Å²) in [6.07, 6.45) is 3.40. The number of fused-ring (bicyclic) bond motifs is 2. The molecule has 0 aliphatic rings. The number of aromatic amines is 1. The van der Waals surface area contributed by atoms with Crippen molar-refractivity contribution >= 4 is 33.4 Å². The van der Waals surface area contributed by atoms with E-state index in [1.165, 1.54) is 6.07 Å². The van der Waals surface area contributed by atoms with Crippen molar-refractivity contribution in [3.05, 3.63) is 81.4 Å². The average molecular weight is 467 g/mol. The van der Waals surface area contributed by atoms with Crippen LogP contribution in [-0.2, 0) is 6.54 Å². The van der Waals surface area contributed by atoms with Crippen molar-refractivity contribution in [1.29, 1.82) is 0 Å². The van der Waals surface area contributed by atoms with Crippen LogP contribution in [0, 0.1) is 0 Å². The second kappa shape index (κ2) is 11.1. The highest BCUT2D eigenvalue weighted by molar-refractivity contribution is 6.17. The van der Waals surface area contributed by atoms with Crippen molar-refractivity contribution in [2.45, 2.75) is 32.2 Å². The molecule has 4 aromatic rings. The molecule has 0 bridgehead atoms. The Labute approximate surface area is 196 Å². The molecule has 0 aliphatic heterocycles. The molecule has 0 atom stereocenters. The number of hydrogen-bond acceptors (Lipinski definition) is 4. The van der Waals surface area contributed by atoms with E-state index in [1.54, 1.807) is 16.7 Å². The van der Waals surface area contributed by atoms with E-state index in [2.05, 4.69) is 4.98 Å². The van der Waals surface area contributed by atoms with Gasteiger partial charge in [-0.2, -0.15) is 0 Å². The van der Waals surface area contributed by atoms with Gasteiger partial charge in [0.05, 0.1) is 24.2 Å². The van der Waals surface area contributed by atoms with Crippen LogP contribution in [0.25, 0.3) is 21.8 Å². The number of halogens is 1. The van der Waals surface area contributed by atoms with Crippen LogP contribution >= 0.6 is 11.6 Å². The number of nitrogens with zero attached hydrogens (tertiary/aromatic N) is 1. The lowest BCUT2D eigenvalue weighted by molar-refractivity contribution is 0.267. The van der Waals surface area contributed by atoms with E-state index in [-0.39, 0.29) is 11.1 Å². The summed E-state index contributed by atoms with van der Waals surface area (Å²) < 4.78 is 13.5. The van der Waals surface area contributed by atoms with Crippen LogP contribution in [0.1, 0.15) is 25.7 Å². The highest BCUT2D eigenvalue weighted by Crippen LogP contribution is 2.21. The molecule has 0 fully saturated rings. The van der Waals surface area contributed by atoms with E-state index in [9.17, 15) is 9.59 Å². The molecule has 0 unspecified atom stereocenters.